The largest absolute Gasteiger partial charge is 0.356 e. The van der Waals surface area contributed by atoms with Crippen LogP contribution >= 0.6 is 11.6 Å². The van der Waals surface area contributed by atoms with Crippen molar-refractivity contribution < 1.29 is 13.2 Å². The van der Waals surface area contributed by atoms with E-state index in [-0.39, 0.29) is 12.5 Å². The zero-order chi connectivity index (χ0) is 17.5. The molecule has 0 aromatic heterocycles. The Morgan fingerprint density at radius 1 is 1.30 bits per heavy atom. The van der Waals surface area contributed by atoms with Gasteiger partial charge >= 0.3 is 0 Å². The third-order valence-corrected chi connectivity index (χ3v) is 5.12. The molecule has 0 unspecified atom stereocenters. The zero-order valence-electron chi connectivity index (χ0n) is 13.9. The minimum absolute atomic E-state index is 0.0466. The van der Waals surface area contributed by atoms with Gasteiger partial charge in [-0.1, -0.05) is 31.0 Å². The van der Waals surface area contributed by atoms with Crippen molar-refractivity contribution in [3.8, 4) is 0 Å². The molecule has 1 rings (SSSR count). The minimum atomic E-state index is -3.43. The normalized spacial score (nSPS) is 11.3. The first-order valence-electron chi connectivity index (χ1n) is 7.77. The summed E-state index contributed by atoms with van der Waals surface area (Å²) in [5.74, 6) is -0.0466. The highest BCUT2D eigenvalue weighted by molar-refractivity contribution is 7.92. The molecule has 1 amide bonds. The fourth-order valence-electron chi connectivity index (χ4n) is 2.21. The van der Waals surface area contributed by atoms with Gasteiger partial charge in [-0.15, -0.1) is 0 Å². The van der Waals surface area contributed by atoms with Gasteiger partial charge in [-0.3, -0.25) is 9.10 Å². The summed E-state index contributed by atoms with van der Waals surface area (Å²) in [6, 6.07) is 5.17. The van der Waals surface area contributed by atoms with E-state index in [9.17, 15) is 13.2 Å². The second-order valence-corrected chi connectivity index (χ2v) is 7.84. The van der Waals surface area contributed by atoms with Crippen molar-refractivity contribution in [2.45, 2.75) is 39.5 Å². The van der Waals surface area contributed by atoms with Gasteiger partial charge in [-0.25, -0.2) is 8.42 Å². The van der Waals surface area contributed by atoms with E-state index in [4.69, 9.17) is 11.6 Å². The van der Waals surface area contributed by atoms with Gasteiger partial charge in [0.05, 0.1) is 11.9 Å². The number of unbranched alkanes of at least 4 members (excludes halogenated alkanes) is 1. The maximum absolute atomic E-state index is 12.1. The molecular formula is C16H25ClN2O3S. The number of sulfonamides is 1. The minimum Gasteiger partial charge on any atom is -0.356 e. The van der Waals surface area contributed by atoms with E-state index in [1.54, 1.807) is 25.1 Å². The summed E-state index contributed by atoms with van der Waals surface area (Å²) < 4.78 is 25.4. The molecule has 0 fully saturated rings. The Morgan fingerprint density at radius 3 is 2.61 bits per heavy atom. The van der Waals surface area contributed by atoms with Crippen molar-refractivity contribution in [1.29, 1.82) is 0 Å². The number of benzene rings is 1. The van der Waals surface area contributed by atoms with Crippen LogP contribution in [0.2, 0.25) is 5.02 Å². The third kappa shape index (κ3) is 6.39. The Labute approximate surface area is 144 Å². The molecule has 0 heterocycles. The van der Waals surface area contributed by atoms with Gasteiger partial charge in [0.15, 0.2) is 0 Å². The molecule has 0 aliphatic rings. The summed E-state index contributed by atoms with van der Waals surface area (Å²) >= 11 is 6.08. The first kappa shape index (κ1) is 19.8. The third-order valence-electron chi connectivity index (χ3n) is 3.53. The van der Waals surface area contributed by atoms with Crippen molar-refractivity contribution in [3.05, 3.63) is 28.8 Å². The van der Waals surface area contributed by atoms with E-state index in [2.05, 4.69) is 12.2 Å². The SMILES string of the molecule is CCCCNC(=O)CCCN(c1cccc(Cl)c1C)S(C)(=O)=O. The average Bonchev–Trinajstić information content (AvgIpc) is 2.46. The molecule has 1 N–H and O–H groups in total. The van der Waals surface area contributed by atoms with Crippen molar-refractivity contribution in [1.82, 2.24) is 5.32 Å². The summed E-state index contributed by atoms with van der Waals surface area (Å²) in [4.78, 5) is 11.7. The second kappa shape index (κ2) is 9.13. The number of amides is 1. The maximum Gasteiger partial charge on any atom is 0.232 e. The van der Waals surface area contributed by atoms with E-state index in [0.717, 1.165) is 19.1 Å². The Kier molecular flexibility index (Phi) is 7.85. The summed E-state index contributed by atoms with van der Waals surface area (Å²) in [5.41, 5.74) is 1.28. The molecule has 0 aliphatic heterocycles. The molecule has 7 heteroatoms. The Hall–Kier alpha value is -1.27. The quantitative estimate of drug-likeness (QED) is 0.688. The molecule has 0 spiro atoms. The average molecular weight is 361 g/mol. The van der Waals surface area contributed by atoms with Crippen LogP contribution in [-0.4, -0.2) is 33.7 Å². The van der Waals surface area contributed by atoms with Crippen LogP contribution < -0.4 is 9.62 Å². The van der Waals surface area contributed by atoms with Crippen LogP contribution in [0, 0.1) is 6.92 Å². The molecule has 0 saturated carbocycles. The summed E-state index contributed by atoms with van der Waals surface area (Å²) in [5, 5.41) is 3.35. The van der Waals surface area contributed by atoms with E-state index >= 15 is 0 Å². The lowest BCUT2D eigenvalue weighted by Gasteiger charge is -2.24. The van der Waals surface area contributed by atoms with Gasteiger partial charge < -0.3 is 5.32 Å². The van der Waals surface area contributed by atoms with E-state index < -0.39 is 10.0 Å². The Morgan fingerprint density at radius 2 is 2.00 bits per heavy atom. The van der Waals surface area contributed by atoms with Crippen LogP contribution in [-0.2, 0) is 14.8 Å². The lowest BCUT2D eigenvalue weighted by atomic mass is 10.2. The van der Waals surface area contributed by atoms with Crippen molar-refractivity contribution in [2.75, 3.05) is 23.7 Å². The van der Waals surface area contributed by atoms with Gasteiger partial charge in [0.25, 0.3) is 0 Å². The van der Waals surface area contributed by atoms with Crippen LogP contribution in [0.4, 0.5) is 5.69 Å². The molecule has 1 aromatic rings. The lowest BCUT2D eigenvalue weighted by molar-refractivity contribution is -0.121. The van der Waals surface area contributed by atoms with Gasteiger partial charge in [0, 0.05) is 24.5 Å². The molecule has 130 valence electrons. The summed E-state index contributed by atoms with van der Waals surface area (Å²) in [6.07, 6.45) is 3.89. The number of rotatable bonds is 9. The van der Waals surface area contributed by atoms with E-state index in [1.165, 1.54) is 4.31 Å². The predicted molar refractivity (Wildman–Crippen MR) is 95.5 cm³/mol. The van der Waals surface area contributed by atoms with Gasteiger partial charge in [-0.05, 0) is 37.5 Å². The molecule has 0 saturated heterocycles. The topological polar surface area (TPSA) is 66.5 Å². The highest BCUT2D eigenvalue weighted by Crippen LogP contribution is 2.28. The van der Waals surface area contributed by atoms with Crippen molar-refractivity contribution in [3.63, 3.8) is 0 Å². The Balaban J connectivity index is 2.71. The lowest BCUT2D eigenvalue weighted by Crippen LogP contribution is -2.32. The first-order valence-corrected chi connectivity index (χ1v) is 9.99. The Bertz CT molecular complexity index is 632. The van der Waals surface area contributed by atoms with Gasteiger partial charge in [-0.2, -0.15) is 0 Å². The van der Waals surface area contributed by atoms with Gasteiger partial charge in [0.2, 0.25) is 15.9 Å². The molecule has 0 radical (unpaired) electrons. The summed E-state index contributed by atoms with van der Waals surface area (Å²) in [6.45, 7) is 4.76. The van der Waals surface area contributed by atoms with Crippen LogP contribution in [0.5, 0.6) is 0 Å². The monoisotopic (exact) mass is 360 g/mol. The number of carbonyl (C=O) groups excluding carboxylic acids is 1. The van der Waals surface area contributed by atoms with Crippen LogP contribution in [0.3, 0.4) is 0 Å². The maximum atomic E-state index is 12.1. The first-order chi connectivity index (χ1) is 10.8. The predicted octanol–water partition coefficient (Wildman–Crippen LogP) is 3.11. The molecule has 0 bridgehead atoms. The fourth-order valence-corrected chi connectivity index (χ4v) is 3.39. The number of hydrogen-bond acceptors (Lipinski definition) is 3. The molecule has 5 nitrogen and oxygen atoms in total. The number of carbonyl (C=O) groups is 1. The summed E-state index contributed by atoms with van der Waals surface area (Å²) in [7, 11) is -3.43. The number of hydrogen-bond donors (Lipinski definition) is 1. The number of nitrogens with one attached hydrogen (secondary N) is 1. The number of anilines is 1. The van der Waals surface area contributed by atoms with Crippen LogP contribution in [0.15, 0.2) is 18.2 Å². The van der Waals surface area contributed by atoms with E-state index in [1.807, 2.05) is 0 Å². The molecule has 23 heavy (non-hydrogen) atoms. The molecule has 0 atom stereocenters. The van der Waals surface area contributed by atoms with E-state index in [0.29, 0.717) is 35.7 Å². The molecule has 0 aliphatic carbocycles. The van der Waals surface area contributed by atoms with Crippen molar-refractivity contribution in [2.24, 2.45) is 0 Å². The second-order valence-electron chi connectivity index (χ2n) is 5.53. The van der Waals surface area contributed by atoms with Crippen molar-refractivity contribution >= 4 is 33.2 Å². The van der Waals surface area contributed by atoms with Crippen LogP contribution in [0.1, 0.15) is 38.2 Å². The standard InChI is InChI=1S/C16H25ClN2O3S/c1-4-5-11-18-16(20)10-7-12-19(23(3,21)22)15-9-6-8-14(17)13(15)2/h6,8-9H,4-5,7,10-12H2,1-3H3,(H,18,20). The molecular weight excluding hydrogens is 336 g/mol. The number of nitrogens with zero attached hydrogens (tertiary/aromatic N) is 1. The zero-order valence-corrected chi connectivity index (χ0v) is 15.5. The smallest absolute Gasteiger partial charge is 0.232 e. The highest BCUT2D eigenvalue weighted by atomic mass is 35.5. The fraction of sp³-hybridized carbons (Fsp3) is 0.562. The highest BCUT2D eigenvalue weighted by Gasteiger charge is 2.20. The van der Waals surface area contributed by atoms with Gasteiger partial charge in [0.1, 0.15) is 0 Å². The molecule has 1 aromatic carbocycles. The number of halogens is 1. The van der Waals surface area contributed by atoms with Crippen LogP contribution in [0.25, 0.3) is 0 Å².